The maximum Gasteiger partial charge on any atom is 0.573 e. The standard InChI is InChI=1S/C27H20F3N3O4/c28-27(29,30)37-23-7-5-16(17-6-8-24-25(13-17)36-15-35-24)12-21(23)26(34)33-19(9-10-31)11-18-14-32-22-4-2-1-3-20(18)22/h1-8,12-14,19,32H,9,11,15H2,(H,33,34). The van der Waals surface area contributed by atoms with Crippen LogP contribution in [-0.2, 0) is 6.42 Å². The lowest BCUT2D eigenvalue weighted by molar-refractivity contribution is -0.274. The molecule has 188 valence electrons. The summed E-state index contributed by atoms with van der Waals surface area (Å²) in [5.41, 5.74) is 2.55. The molecule has 1 aliphatic rings. The Balaban J connectivity index is 1.45. The number of carbonyl (C=O) groups excluding carboxylic acids is 1. The Labute approximate surface area is 209 Å². The molecule has 0 fully saturated rings. The number of benzene rings is 3. The van der Waals surface area contributed by atoms with Crippen LogP contribution in [0, 0.1) is 11.3 Å². The first kappa shape index (κ1) is 24.1. The molecule has 3 aromatic carbocycles. The monoisotopic (exact) mass is 507 g/mol. The van der Waals surface area contributed by atoms with Crippen LogP contribution in [0.25, 0.3) is 22.0 Å². The quantitative estimate of drug-likeness (QED) is 0.334. The Morgan fingerprint density at radius 2 is 1.84 bits per heavy atom. The van der Waals surface area contributed by atoms with E-state index in [9.17, 15) is 23.2 Å². The van der Waals surface area contributed by atoms with E-state index in [-0.39, 0.29) is 18.8 Å². The van der Waals surface area contributed by atoms with Gasteiger partial charge in [-0.1, -0.05) is 30.3 Å². The number of hydrogen-bond donors (Lipinski definition) is 2. The fourth-order valence-electron chi connectivity index (χ4n) is 4.29. The number of fused-ring (bicyclic) bond motifs is 2. The first-order valence-electron chi connectivity index (χ1n) is 11.3. The number of rotatable bonds is 7. The SMILES string of the molecule is N#CCC(Cc1c[nH]c2ccccc12)NC(=O)c1cc(-c2ccc3c(c2)OCO3)ccc1OC(F)(F)F. The highest BCUT2D eigenvalue weighted by molar-refractivity contribution is 5.98. The van der Waals surface area contributed by atoms with Crippen molar-refractivity contribution in [3.05, 3.63) is 78.0 Å². The highest BCUT2D eigenvalue weighted by Gasteiger charge is 2.33. The second-order valence-corrected chi connectivity index (χ2v) is 8.42. The maximum absolute atomic E-state index is 13.3. The van der Waals surface area contributed by atoms with Crippen LogP contribution in [-0.4, -0.2) is 30.1 Å². The minimum Gasteiger partial charge on any atom is -0.454 e. The van der Waals surface area contributed by atoms with Gasteiger partial charge in [-0.05, 0) is 53.4 Å². The predicted octanol–water partition coefficient (Wildman–Crippen LogP) is 5.72. The van der Waals surface area contributed by atoms with Gasteiger partial charge in [-0.2, -0.15) is 5.26 Å². The highest BCUT2D eigenvalue weighted by atomic mass is 19.4. The van der Waals surface area contributed by atoms with Crippen molar-refractivity contribution in [3.8, 4) is 34.4 Å². The summed E-state index contributed by atoms with van der Waals surface area (Å²) in [4.78, 5) is 16.4. The van der Waals surface area contributed by atoms with E-state index in [2.05, 4.69) is 15.0 Å². The van der Waals surface area contributed by atoms with Crippen LogP contribution in [0.1, 0.15) is 22.3 Å². The zero-order valence-electron chi connectivity index (χ0n) is 19.3. The van der Waals surface area contributed by atoms with E-state index in [1.165, 1.54) is 12.1 Å². The highest BCUT2D eigenvalue weighted by Crippen LogP contribution is 2.37. The molecule has 10 heteroatoms. The van der Waals surface area contributed by atoms with Crippen molar-refractivity contribution < 1.29 is 32.2 Å². The molecule has 2 heterocycles. The number of carbonyl (C=O) groups is 1. The number of hydrogen-bond acceptors (Lipinski definition) is 5. The van der Waals surface area contributed by atoms with Crippen LogP contribution in [0.4, 0.5) is 13.2 Å². The Hall–Kier alpha value is -4.65. The van der Waals surface area contributed by atoms with E-state index in [0.29, 0.717) is 29.0 Å². The first-order chi connectivity index (χ1) is 17.8. The van der Waals surface area contributed by atoms with Gasteiger partial charge < -0.3 is 24.5 Å². The van der Waals surface area contributed by atoms with Gasteiger partial charge in [-0.3, -0.25) is 4.79 Å². The van der Waals surface area contributed by atoms with Crippen molar-refractivity contribution in [2.24, 2.45) is 0 Å². The number of halogens is 3. The Morgan fingerprint density at radius 3 is 2.65 bits per heavy atom. The second kappa shape index (κ2) is 9.78. The molecule has 0 spiro atoms. The van der Waals surface area contributed by atoms with Gasteiger partial charge in [-0.25, -0.2) is 0 Å². The van der Waals surface area contributed by atoms with Crippen LogP contribution in [0.3, 0.4) is 0 Å². The molecule has 0 saturated carbocycles. The van der Waals surface area contributed by atoms with Crippen molar-refractivity contribution in [2.45, 2.75) is 25.2 Å². The van der Waals surface area contributed by atoms with Crippen molar-refractivity contribution in [1.29, 1.82) is 5.26 Å². The number of amides is 1. The molecule has 5 rings (SSSR count). The molecular formula is C27H20F3N3O4. The summed E-state index contributed by atoms with van der Waals surface area (Å²) in [7, 11) is 0. The molecule has 0 saturated heterocycles. The molecule has 1 atom stereocenters. The second-order valence-electron chi connectivity index (χ2n) is 8.42. The molecule has 1 unspecified atom stereocenters. The van der Waals surface area contributed by atoms with Crippen LogP contribution < -0.4 is 19.5 Å². The Morgan fingerprint density at radius 1 is 1.08 bits per heavy atom. The molecule has 0 bridgehead atoms. The molecule has 0 radical (unpaired) electrons. The lowest BCUT2D eigenvalue weighted by Gasteiger charge is -2.19. The smallest absolute Gasteiger partial charge is 0.454 e. The number of nitriles is 1. The molecule has 0 aliphatic carbocycles. The van der Waals surface area contributed by atoms with E-state index in [4.69, 9.17) is 9.47 Å². The average molecular weight is 507 g/mol. The summed E-state index contributed by atoms with van der Waals surface area (Å²) in [6, 6.07) is 17.9. The summed E-state index contributed by atoms with van der Waals surface area (Å²) in [6.07, 6.45) is -2.94. The van der Waals surface area contributed by atoms with Crippen LogP contribution in [0.2, 0.25) is 0 Å². The third-order valence-corrected chi connectivity index (χ3v) is 5.97. The lowest BCUT2D eigenvalue weighted by atomic mass is 10.00. The Bertz CT molecular complexity index is 1510. The number of para-hydroxylation sites is 1. The normalized spacial score (nSPS) is 13.2. The van der Waals surface area contributed by atoms with Gasteiger partial charge in [0.1, 0.15) is 5.75 Å². The molecule has 1 aliphatic heterocycles. The summed E-state index contributed by atoms with van der Waals surface area (Å²) in [5, 5.41) is 13.0. The number of H-pyrrole nitrogens is 1. The summed E-state index contributed by atoms with van der Waals surface area (Å²) >= 11 is 0. The van der Waals surface area contributed by atoms with Gasteiger partial charge in [0.15, 0.2) is 11.5 Å². The lowest BCUT2D eigenvalue weighted by Crippen LogP contribution is -2.36. The Kier molecular flexibility index (Phi) is 6.36. The fourth-order valence-corrected chi connectivity index (χ4v) is 4.29. The first-order valence-corrected chi connectivity index (χ1v) is 11.3. The zero-order valence-corrected chi connectivity index (χ0v) is 19.3. The van der Waals surface area contributed by atoms with Crippen molar-refractivity contribution in [2.75, 3.05) is 6.79 Å². The van der Waals surface area contributed by atoms with Gasteiger partial charge in [0.2, 0.25) is 6.79 Å². The largest absolute Gasteiger partial charge is 0.573 e. The number of nitrogens with one attached hydrogen (secondary N) is 2. The fraction of sp³-hybridized carbons (Fsp3) is 0.185. The minimum absolute atomic E-state index is 0.0391. The van der Waals surface area contributed by atoms with E-state index in [1.54, 1.807) is 24.4 Å². The van der Waals surface area contributed by atoms with Crippen molar-refractivity contribution in [3.63, 3.8) is 0 Å². The summed E-state index contributed by atoms with van der Waals surface area (Å²) < 4.78 is 54.2. The average Bonchev–Trinajstić information content (AvgIpc) is 3.50. The number of alkyl halides is 3. The van der Waals surface area contributed by atoms with Gasteiger partial charge in [0.05, 0.1) is 18.1 Å². The molecular weight excluding hydrogens is 487 g/mol. The van der Waals surface area contributed by atoms with Crippen molar-refractivity contribution >= 4 is 16.8 Å². The number of ether oxygens (including phenoxy) is 3. The van der Waals surface area contributed by atoms with Gasteiger partial charge in [-0.15, -0.1) is 13.2 Å². The third-order valence-electron chi connectivity index (χ3n) is 5.97. The third kappa shape index (κ3) is 5.30. The number of aromatic amines is 1. The molecule has 4 aromatic rings. The molecule has 1 amide bonds. The molecule has 7 nitrogen and oxygen atoms in total. The van der Waals surface area contributed by atoms with Gasteiger partial charge in [0.25, 0.3) is 5.91 Å². The minimum atomic E-state index is -4.99. The predicted molar refractivity (Wildman–Crippen MR) is 128 cm³/mol. The van der Waals surface area contributed by atoms with Crippen LogP contribution >= 0.6 is 0 Å². The number of nitrogens with zero attached hydrogens (tertiary/aromatic N) is 1. The maximum atomic E-state index is 13.3. The number of aromatic nitrogens is 1. The van der Waals surface area contributed by atoms with Gasteiger partial charge in [0, 0.05) is 23.1 Å². The molecule has 2 N–H and O–H groups in total. The summed E-state index contributed by atoms with van der Waals surface area (Å²) in [5.74, 6) is -0.387. The topological polar surface area (TPSA) is 96.4 Å². The van der Waals surface area contributed by atoms with E-state index in [1.807, 2.05) is 30.3 Å². The van der Waals surface area contributed by atoms with Crippen molar-refractivity contribution in [1.82, 2.24) is 10.3 Å². The molecule has 37 heavy (non-hydrogen) atoms. The van der Waals surface area contributed by atoms with E-state index in [0.717, 1.165) is 22.5 Å². The van der Waals surface area contributed by atoms with Gasteiger partial charge >= 0.3 is 6.36 Å². The van der Waals surface area contributed by atoms with Crippen LogP contribution in [0.5, 0.6) is 17.2 Å². The molecule has 1 aromatic heterocycles. The summed E-state index contributed by atoms with van der Waals surface area (Å²) in [6.45, 7) is 0.0709. The van der Waals surface area contributed by atoms with E-state index >= 15 is 0 Å². The van der Waals surface area contributed by atoms with Crippen LogP contribution in [0.15, 0.2) is 66.9 Å². The zero-order chi connectivity index (χ0) is 26.0. The van der Waals surface area contributed by atoms with E-state index < -0.39 is 24.1 Å².